The number of halogens is 1. The predicted octanol–water partition coefficient (Wildman–Crippen LogP) is 2.09. The van der Waals surface area contributed by atoms with Crippen molar-refractivity contribution in [1.82, 2.24) is 20.4 Å². The van der Waals surface area contributed by atoms with E-state index in [1.807, 2.05) is 19.1 Å². The molecular weight excluding hydrogens is 533 g/mol. The van der Waals surface area contributed by atoms with Crippen molar-refractivity contribution >= 4 is 29.9 Å². The van der Waals surface area contributed by atoms with Crippen LogP contribution in [0.1, 0.15) is 38.3 Å². The van der Waals surface area contributed by atoms with Crippen LogP contribution in [0.3, 0.4) is 0 Å². The van der Waals surface area contributed by atoms with Crippen LogP contribution in [0, 0.1) is 0 Å². The molecule has 0 bridgehead atoms. The Balaban J connectivity index is 0.00000385. The molecule has 3 N–H and O–H groups in total. The summed E-state index contributed by atoms with van der Waals surface area (Å²) in [5, 5.41) is 17.8. The van der Waals surface area contributed by atoms with Crippen LogP contribution in [0.5, 0.6) is 5.75 Å². The monoisotopic (exact) mass is 575 g/mol. The Morgan fingerprint density at radius 1 is 1.18 bits per heavy atom. The fraction of sp³-hybridized carbons (Fsp3) is 0.708. The van der Waals surface area contributed by atoms with Gasteiger partial charge in [0.2, 0.25) is 0 Å². The summed E-state index contributed by atoms with van der Waals surface area (Å²) >= 11 is 0. The smallest absolute Gasteiger partial charge is 0.191 e. The Morgan fingerprint density at radius 3 is 2.55 bits per heavy atom. The largest absolute Gasteiger partial charge is 0.496 e. The standard InChI is InChI=1S/C24H41N5O3.HI/c1-4-25-23(27-18-24(2,30)19-28-13-15-32-16-14-28)26-17-21(29-11-7-8-12-29)20-9-5-6-10-22(20)31-3;/h5-6,9-10,21,30H,4,7-8,11-19H2,1-3H3,(H2,25,26,27);1H. The van der Waals surface area contributed by atoms with Gasteiger partial charge in [0.25, 0.3) is 0 Å². The first-order valence-corrected chi connectivity index (χ1v) is 11.9. The number of benzene rings is 1. The molecule has 0 saturated carbocycles. The fourth-order valence-electron chi connectivity index (χ4n) is 4.51. The van der Waals surface area contributed by atoms with Crippen LogP contribution in [0.25, 0.3) is 0 Å². The Kier molecular flexibility index (Phi) is 12.2. The van der Waals surface area contributed by atoms with Crippen LogP contribution in [-0.2, 0) is 4.74 Å². The maximum absolute atomic E-state index is 10.9. The Labute approximate surface area is 216 Å². The molecule has 0 aromatic heterocycles. The Hall–Kier alpha value is -1.14. The average molecular weight is 576 g/mol. The number of rotatable bonds is 10. The highest BCUT2D eigenvalue weighted by Gasteiger charge is 2.27. The first-order valence-electron chi connectivity index (χ1n) is 11.9. The fourth-order valence-corrected chi connectivity index (χ4v) is 4.51. The van der Waals surface area contributed by atoms with E-state index in [4.69, 9.17) is 14.5 Å². The lowest BCUT2D eigenvalue weighted by Gasteiger charge is -2.33. The van der Waals surface area contributed by atoms with Crippen LogP contribution in [0.15, 0.2) is 29.3 Å². The molecule has 2 aliphatic rings. The second-order valence-electron chi connectivity index (χ2n) is 8.96. The lowest BCUT2D eigenvalue weighted by Crippen LogP contribution is -2.48. The molecule has 2 saturated heterocycles. The number of β-amino-alcohol motifs (C(OH)–C–C–N with tert-alkyl or cyclic N) is 1. The summed E-state index contributed by atoms with van der Waals surface area (Å²) in [6.07, 6.45) is 2.45. The molecule has 2 unspecified atom stereocenters. The van der Waals surface area contributed by atoms with E-state index < -0.39 is 5.60 Å². The molecule has 0 aliphatic carbocycles. The van der Waals surface area contributed by atoms with Gasteiger partial charge in [-0.05, 0) is 45.8 Å². The number of guanidine groups is 1. The third-order valence-electron chi connectivity index (χ3n) is 6.13. The van der Waals surface area contributed by atoms with Crippen molar-refractivity contribution in [3.63, 3.8) is 0 Å². The number of morpholine rings is 1. The predicted molar refractivity (Wildman–Crippen MR) is 144 cm³/mol. The minimum Gasteiger partial charge on any atom is -0.496 e. The zero-order valence-corrected chi connectivity index (χ0v) is 22.7. The Morgan fingerprint density at radius 2 is 1.88 bits per heavy atom. The van der Waals surface area contributed by atoms with Gasteiger partial charge in [-0.3, -0.25) is 14.8 Å². The second kappa shape index (κ2) is 14.3. The van der Waals surface area contributed by atoms with Gasteiger partial charge in [-0.15, -0.1) is 24.0 Å². The zero-order valence-electron chi connectivity index (χ0n) is 20.4. The number of para-hydroxylation sites is 1. The summed E-state index contributed by atoms with van der Waals surface area (Å²) in [4.78, 5) is 9.48. The number of likely N-dealkylation sites (tertiary alicyclic amines) is 1. The minimum absolute atomic E-state index is 0. The van der Waals surface area contributed by atoms with Crippen molar-refractivity contribution in [3.05, 3.63) is 29.8 Å². The lowest BCUT2D eigenvalue weighted by atomic mass is 10.0. The maximum Gasteiger partial charge on any atom is 0.191 e. The third kappa shape index (κ3) is 8.86. The number of nitrogens with zero attached hydrogens (tertiary/aromatic N) is 3. The lowest BCUT2D eigenvalue weighted by molar-refractivity contribution is -0.0180. The minimum atomic E-state index is -0.892. The van der Waals surface area contributed by atoms with Gasteiger partial charge in [-0.25, -0.2) is 0 Å². The molecule has 9 heteroatoms. The molecule has 0 spiro atoms. The van der Waals surface area contributed by atoms with Gasteiger partial charge in [0.05, 0.1) is 38.5 Å². The number of hydrogen-bond acceptors (Lipinski definition) is 6. The summed E-state index contributed by atoms with van der Waals surface area (Å²) in [5.74, 6) is 1.65. The van der Waals surface area contributed by atoms with Gasteiger partial charge >= 0.3 is 0 Å². The highest BCUT2D eigenvalue weighted by atomic mass is 127. The molecule has 2 fully saturated rings. The van der Waals surface area contributed by atoms with E-state index in [9.17, 15) is 5.11 Å². The molecule has 1 aromatic rings. The molecule has 3 rings (SSSR count). The molecule has 2 heterocycles. The highest BCUT2D eigenvalue weighted by Crippen LogP contribution is 2.31. The first-order chi connectivity index (χ1) is 15.5. The third-order valence-corrected chi connectivity index (χ3v) is 6.13. The number of aliphatic hydroxyl groups is 1. The number of methoxy groups -OCH3 is 1. The Bertz CT molecular complexity index is 722. The molecular formula is C24H42IN5O3. The van der Waals surface area contributed by atoms with Gasteiger partial charge in [0.1, 0.15) is 5.75 Å². The first kappa shape index (κ1) is 28.1. The molecule has 0 radical (unpaired) electrons. The van der Waals surface area contributed by atoms with Crippen LogP contribution in [-0.4, -0.2) is 99.1 Å². The van der Waals surface area contributed by atoms with Crippen molar-refractivity contribution in [3.8, 4) is 5.75 Å². The summed E-state index contributed by atoms with van der Waals surface area (Å²) < 4.78 is 11.1. The summed E-state index contributed by atoms with van der Waals surface area (Å²) in [6.45, 7) is 11.7. The van der Waals surface area contributed by atoms with Crippen molar-refractivity contribution < 1.29 is 14.6 Å². The number of hydrogen-bond donors (Lipinski definition) is 3. The number of ether oxygens (including phenoxy) is 2. The van der Waals surface area contributed by atoms with E-state index in [0.717, 1.165) is 64.2 Å². The van der Waals surface area contributed by atoms with E-state index in [2.05, 4.69) is 39.5 Å². The summed E-state index contributed by atoms with van der Waals surface area (Å²) in [5.41, 5.74) is 0.302. The quantitative estimate of drug-likeness (QED) is 0.224. The van der Waals surface area contributed by atoms with Gasteiger partial charge < -0.3 is 25.2 Å². The topological polar surface area (TPSA) is 81.6 Å². The van der Waals surface area contributed by atoms with Gasteiger partial charge in [0.15, 0.2) is 5.96 Å². The summed E-state index contributed by atoms with van der Waals surface area (Å²) in [7, 11) is 1.73. The highest BCUT2D eigenvalue weighted by molar-refractivity contribution is 14.0. The van der Waals surface area contributed by atoms with Crippen molar-refractivity contribution in [2.75, 3.05) is 72.7 Å². The molecule has 2 aliphatic heterocycles. The summed E-state index contributed by atoms with van der Waals surface area (Å²) in [6, 6.07) is 8.47. The van der Waals surface area contributed by atoms with E-state index in [1.54, 1.807) is 7.11 Å². The molecule has 8 nitrogen and oxygen atoms in total. The van der Waals surface area contributed by atoms with E-state index >= 15 is 0 Å². The van der Waals surface area contributed by atoms with Crippen molar-refractivity contribution in [2.24, 2.45) is 4.99 Å². The number of nitrogens with one attached hydrogen (secondary N) is 2. The van der Waals surface area contributed by atoms with E-state index in [-0.39, 0.29) is 30.0 Å². The molecule has 33 heavy (non-hydrogen) atoms. The normalized spacial score (nSPS) is 20.5. The zero-order chi connectivity index (χ0) is 22.8. The SMILES string of the molecule is CCNC(=NCC(C)(O)CN1CCOCC1)NCC(c1ccccc1OC)N1CCCC1.I. The van der Waals surface area contributed by atoms with E-state index in [1.165, 1.54) is 18.4 Å². The van der Waals surface area contributed by atoms with Crippen molar-refractivity contribution in [2.45, 2.75) is 38.3 Å². The molecule has 2 atom stereocenters. The molecule has 0 amide bonds. The molecule has 1 aromatic carbocycles. The second-order valence-corrected chi connectivity index (χ2v) is 8.96. The van der Waals surface area contributed by atoms with Gasteiger partial charge in [-0.2, -0.15) is 0 Å². The van der Waals surface area contributed by atoms with Crippen LogP contribution in [0.4, 0.5) is 0 Å². The molecule has 188 valence electrons. The van der Waals surface area contributed by atoms with Crippen LogP contribution >= 0.6 is 24.0 Å². The van der Waals surface area contributed by atoms with Crippen LogP contribution in [0.2, 0.25) is 0 Å². The average Bonchev–Trinajstić information content (AvgIpc) is 3.33. The van der Waals surface area contributed by atoms with Gasteiger partial charge in [-0.1, -0.05) is 18.2 Å². The van der Waals surface area contributed by atoms with Gasteiger partial charge in [0, 0.05) is 38.3 Å². The maximum atomic E-state index is 10.9. The van der Waals surface area contributed by atoms with Crippen molar-refractivity contribution in [1.29, 1.82) is 0 Å². The number of aliphatic imine (C=N–C) groups is 1. The van der Waals surface area contributed by atoms with Crippen LogP contribution < -0.4 is 15.4 Å². The van der Waals surface area contributed by atoms with E-state index in [0.29, 0.717) is 13.1 Å².